The van der Waals surface area contributed by atoms with Gasteiger partial charge in [-0.15, -0.1) is 0 Å². The molecule has 0 unspecified atom stereocenters. The summed E-state index contributed by atoms with van der Waals surface area (Å²) in [7, 11) is 0. The van der Waals surface area contributed by atoms with Crippen LogP contribution in [0, 0.1) is 10.8 Å². The third-order valence-corrected chi connectivity index (χ3v) is 14.2. The molecule has 4 aromatic heterocycles. The fourth-order valence-electron chi connectivity index (χ4n) is 10.1. The van der Waals surface area contributed by atoms with E-state index >= 15 is 0 Å². The van der Waals surface area contributed by atoms with Crippen LogP contribution >= 0.6 is 0 Å². The van der Waals surface area contributed by atoms with Crippen LogP contribution in [-0.4, -0.2) is 105 Å². The molecule has 13 heteroatoms. The standard InChI is InChI=1S/C26H31N5O2.C24H29N5O/c1-18(32)30-12-14-31(15-13-30)20-8-6-19(7-9-20)22-17-28-25-23(29-22)21(16-27-25)24(33)26(2)10-4-3-5-11-26;1-24(9-3-2-4-10-24)22(30)19-15-26-23-21(19)28-20(16-27-23)17-5-7-18(8-6-17)29-13-11-25-12-14-29/h6-9,16-17H,3-5,10-15H2,1-2H3,(H,27,28);5-8,15-16,25H,2-4,9-14H2,1H3,(H,26,27). The number of piperazine rings is 2. The van der Waals surface area contributed by atoms with E-state index in [4.69, 9.17) is 9.97 Å². The van der Waals surface area contributed by atoms with E-state index in [0.717, 1.165) is 132 Å². The van der Waals surface area contributed by atoms with E-state index in [1.165, 1.54) is 18.5 Å². The lowest BCUT2D eigenvalue weighted by molar-refractivity contribution is -0.129. The number of nitrogens with one attached hydrogen (secondary N) is 3. The van der Waals surface area contributed by atoms with Gasteiger partial charge >= 0.3 is 0 Å². The first-order chi connectivity index (χ1) is 30.6. The molecular weight excluding hydrogens is 789 g/mol. The largest absolute Gasteiger partial charge is 0.369 e. The van der Waals surface area contributed by atoms with Crippen molar-refractivity contribution in [2.24, 2.45) is 10.8 Å². The molecule has 2 aliphatic heterocycles. The van der Waals surface area contributed by atoms with Crippen molar-refractivity contribution >= 4 is 51.2 Å². The third-order valence-electron chi connectivity index (χ3n) is 14.2. The summed E-state index contributed by atoms with van der Waals surface area (Å²) in [4.78, 5) is 70.0. The molecule has 4 fully saturated rings. The zero-order chi connectivity index (χ0) is 43.6. The Hall–Kier alpha value is -5.95. The van der Waals surface area contributed by atoms with E-state index < -0.39 is 0 Å². The highest BCUT2D eigenvalue weighted by molar-refractivity contribution is 6.09. The van der Waals surface area contributed by atoms with Crippen LogP contribution < -0.4 is 15.1 Å². The molecule has 0 spiro atoms. The minimum Gasteiger partial charge on any atom is -0.369 e. The molecule has 6 heterocycles. The molecule has 328 valence electrons. The molecule has 2 aromatic carbocycles. The average Bonchev–Trinajstić information content (AvgIpc) is 3.96. The number of carbonyl (C=O) groups excluding carboxylic acids is 3. The molecule has 10 rings (SSSR count). The molecule has 0 atom stereocenters. The Morgan fingerprint density at radius 3 is 1.38 bits per heavy atom. The van der Waals surface area contributed by atoms with Gasteiger partial charge in [-0.05, 0) is 49.9 Å². The first-order valence-electron chi connectivity index (χ1n) is 23.0. The first kappa shape index (κ1) is 42.4. The summed E-state index contributed by atoms with van der Waals surface area (Å²) < 4.78 is 0. The number of aromatic nitrogens is 6. The number of carbonyl (C=O) groups is 3. The zero-order valence-corrected chi connectivity index (χ0v) is 37.0. The van der Waals surface area contributed by atoms with Gasteiger partial charge in [-0.3, -0.25) is 14.4 Å². The monoisotopic (exact) mass is 848 g/mol. The number of rotatable bonds is 8. The topological polar surface area (TPSA) is 156 Å². The van der Waals surface area contributed by atoms with E-state index in [1.807, 2.05) is 4.90 Å². The summed E-state index contributed by atoms with van der Waals surface area (Å²) in [6.07, 6.45) is 17.8. The lowest BCUT2D eigenvalue weighted by Crippen LogP contribution is -2.48. The van der Waals surface area contributed by atoms with E-state index in [-0.39, 0.29) is 28.3 Å². The molecule has 2 aliphatic carbocycles. The number of Topliss-reactive ketones (excluding diaryl/α,β-unsaturated/α-hetero) is 2. The van der Waals surface area contributed by atoms with Gasteiger partial charge in [0.05, 0.1) is 34.9 Å². The number of fused-ring (bicyclic) bond motifs is 2. The van der Waals surface area contributed by atoms with Crippen LogP contribution in [0.4, 0.5) is 11.4 Å². The van der Waals surface area contributed by atoms with Gasteiger partial charge < -0.3 is 30.0 Å². The maximum atomic E-state index is 13.4. The minimum absolute atomic E-state index is 0.138. The molecule has 3 N–H and O–H groups in total. The summed E-state index contributed by atoms with van der Waals surface area (Å²) in [5, 5.41) is 3.39. The number of amides is 1. The van der Waals surface area contributed by atoms with Gasteiger partial charge in [0.25, 0.3) is 0 Å². The quantitative estimate of drug-likeness (QED) is 0.127. The van der Waals surface area contributed by atoms with E-state index in [1.54, 1.807) is 31.7 Å². The van der Waals surface area contributed by atoms with Gasteiger partial charge in [0.1, 0.15) is 11.0 Å². The Bertz CT molecular complexity index is 2570. The van der Waals surface area contributed by atoms with Crippen molar-refractivity contribution < 1.29 is 14.4 Å². The third kappa shape index (κ3) is 8.85. The van der Waals surface area contributed by atoms with Gasteiger partial charge in [-0.25, -0.2) is 19.9 Å². The van der Waals surface area contributed by atoms with Gasteiger partial charge in [0, 0.05) is 105 Å². The van der Waals surface area contributed by atoms with Crippen molar-refractivity contribution in [1.29, 1.82) is 0 Å². The molecule has 4 aliphatic rings. The molecule has 0 bridgehead atoms. The number of nitrogens with zero attached hydrogens (tertiary/aromatic N) is 7. The number of aromatic amines is 2. The highest BCUT2D eigenvalue weighted by Crippen LogP contribution is 2.41. The van der Waals surface area contributed by atoms with Crippen molar-refractivity contribution in [3.8, 4) is 22.5 Å². The fourth-order valence-corrected chi connectivity index (χ4v) is 10.1. The van der Waals surface area contributed by atoms with Gasteiger partial charge in [0.2, 0.25) is 5.91 Å². The zero-order valence-electron chi connectivity index (χ0n) is 37.0. The van der Waals surface area contributed by atoms with Crippen LogP contribution in [0.1, 0.15) is 106 Å². The van der Waals surface area contributed by atoms with Crippen molar-refractivity contribution in [3.05, 3.63) is 84.4 Å². The maximum Gasteiger partial charge on any atom is 0.219 e. The number of ketones is 2. The summed E-state index contributed by atoms with van der Waals surface area (Å²) in [6, 6.07) is 16.8. The van der Waals surface area contributed by atoms with Gasteiger partial charge in [-0.1, -0.05) is 76.6 Å². The van der Waals surface area contributed by atoms with Crippen molar-refractivity contribution in [2.45, 2.75) is 85.0 Å². The second-order valence-electron chi connectivity index (χ2n) is 18.5. The van der Waals surface area contributed by atoms with Crippen LogP contribution in [0.5, 0.6) is 0 Å². The predicted octanol–water partition coefficient (Wildman–Crippen LogP) is 8.63. The molecule has 0 radical (unpaired) electrons. The number of H-pyrrole nitrogens is 2. The van der Waals surface area contributed by atoms with E-state index in [0.29, 0.717) is 33.5 Å². The van der Waals surface area contributed by atoms with Crippen molar-refractivity contribution in [2.75, 3.05) is 62.2 Å². The lowest BCUT2D eigenvalue weighted by Gasteiger charge is -2.35. The summed E-state index contributed by atoms with van der Waals surface area (Å²) >= 11 is 0. The van der Waals surface area contributed by atoms with Gasteiger partial charge in [0.15, 0.2) is 22.9 Å². The average molecular weight is 849 g/mol. The van der Waals surface area contributed by atoms with Gasteiger partial charge in [-0.2, -0.15) is 0 Å². The Morgan fingerprint density at radius 2 is 0.968 bits per heavy atom. The van der Waals surface area contributed by atoms with Crippen molar-refractivity contribution in [3.63, 3.8) is 0 Å². The van der Waals surface area contributed by atoms with Crippen LogP contribution in [0.2, 0.25) is 0 Å². The summed E-state index contributed by atoms with van der Waals surface area (Å²) in [6.45, 7) is 13.1. The highest BCUT2D eigenvalue weighted by Gasteiger charge is 2.38. The SMILES string of the molecule is CC(=O)N1CCN(c2ccc(-c3cnc4[nH]cc(C(=O)C5(C)CCCCC5)c4n3)cc2)CC1.CC1(C(=O)c2c[nH]c3ncc(-c4ccc(N5CCNCC5)cc4)nc23)CCCCC1. The normalized spacial score (nSPS) is 18.8. The molecular formula is C50H60N10O3. The van der Waals surface area contributed by atoms with Crippen LogP contribution in [0.25, 0.3) is 44.8 Å². The van der Waals surface area contributed by atoms with E-state index in [9.17, 15) is 14.4 Å². The second-order valence-corrected chi connectivity index (χ2v) is 18.5. The number of benzene rings is 2. The Balaban J connectivity index is 0.000000161. The number of hydrogen-bond acceptors (Lipinski definition) is 10. The molecule has 63 heavy (non-hydrogen) atoms. The van der Waals surface area contributed by atoms with Crippen LogP contribution in [-0.2, 0) is 4.79 Å². The molecule has 6 aromatic rings. The maximum absolute atomic E-state index is 13.4. The van der Waals surface area contributed by atoms with Crippen molar-refractivity contribution in [1.82, 2.24) is 40.1 Å². The Labute approximate surface area is 369 Å². The summed E-state index contributed by atoms with van der Waals surface area (Å²) in [5.41, 5.74) is 9.36. The highest BCUT2D eigenvalue weighted by atomic mass is 16.2. The lowest BCUT2D eigenvalue weighted by atomic mass is 9.71. The first-order valence-corrected chi connectivity index (χ1v) is 23.0. The Kier molecular flexibility index (Phi) is 12.1. The summed E-state index contributed by atoms with van der Waals surface area (Å²) in [5.74, 6) is 0.521. The minimum atomic E-state index is -0.306. The molecule has 13 nitrogen and oxygen atoms in total. The van der Waals surface area contributed by atoms with Crippen LogP contribution in [0.3, 0.4) is 0 Å². The molecule has 2 saturated carbocycles. The smallest absolute Gasteiger partial charge is 0.219 e. The van der Waals surface area contributed by atoms with E-state index in [2.05, 4.69) is 97.4 Å². The number of anilines is 2. The second kappa shape index (κ2) is 18.0. The molecule has 2 saturated heterocycles. The van der Waals surface area contributed by atoms with Crippen LogP contribution in [0.15, 0.2) is 73.3 Å². The Morgan fingerprint density at radius 1 is 0.556 bits per heavy atom. The number of hydrogen-bond donors (Lipinski definition) is 3. The molecule has 1 amide bonds. The fraction of sp³-hybridized carbons (Fsp3) is 0.460. The predicted molar refractivity (Wildman–Crippen MR) is 249 cm³/mol.